The summed E-state index contributed by atoms with van der Waals surface area (Å²) < 4.78 is 26.4. The van der Waals surface area contributed by atoms with Gasteiger partial charge < -0.3 is 16.4 Å². The Bertz CT molecular complexity index is 804. The molecule has 0 bridgehead atoms. The predicted molar refractivity (Wildman–Crippen MR) is 100 cm³/mol. The summed E-state index contributed by atoms with van der Waals surface area (Å²) in [6.07, 6.45) is 1.41. The Morgan fingerprint density at radius 2 is 1.64 bits per heavy atom. The summed E-state index contributed by atoms with van der Waals surface area (Å²) in [5.41, 5.74) is 7.13. The van der Waals surface area contributed by atoms with E-state index in [1.165, 1.54) is 10.6 Å². The molecule has 4 N–H and O–H groups in total. The standard InChI is InChI=1S/C16H24N6O2S/c1-4-18-15-14(17)16(20-11-19-15)21-12-7-9-13(10-8-12)25(23,24)22(5-2)6-3/h7-11H,4-6,17H2,1-3H3,(H2,18,19,20,21). The van der Waals surface area contributed by atoms with Crippen LogP contribution in [0.15, 0.2) is 35.5 Å². The maximum Gasteiger partial charge on any atom is 0.243 e. The van der Waals surface area contributed by atoms with Crippen LogP contribution in [0.5, 0.6) is 0 Å². The average Bonchev–Trinajstić information content (AvgIpc) is 2.60. The molecule has 0 aliphatic carbocycles. The van der Waals surface area contributed by atoms with Gasteiger partial charge in [0, 0.05) is 25.3 Å². The van der Waals surface area contributed by atoms with E-state index in [1.54, 1.807) is 24.3 Å². The molecule has 1 aromatic carbocycles. The fraction of sp³-hybridized carbons (Fsp3) is 0.375. The molecule has 0 fully saturated rings. The quantitative estimate of drug-likeness (QED) is 0.658. The van der Waals surface area contributed by atoms with Crippen molar-refractivity contribution < 1.29 is 8.42 Å². The molecule has 0 spiro atoms. The Morgan fingerprint density at radius 1 is 1.04 bits per heavy atom. The third-order valence-corrected chi connectivity index (χ3v) is 5.75. The molecule has 0 aliphatic heterocycles. The van der Waals surface area contributed by atoms with Crippen LogP contribution < -0.4 is 16.4 Å². The van der Waals surface area contributed by atoms with Crippen LogP contribution >= 0.6 is 0 Å². The highest BCUT2D eigenvalue weighted by Crippen LogP contribution is 2.26. The monoisotopic (exact) mass is 364 g/mol. The van der Waals surface area contributed by atoms with Gasteiger partial charge in [0.1, 0.15) is 12.0 Å². The van der Waals surface area contributed by atoms with Crippen molar-refractivity contribution >= 4 is 33.0 Å². The van der Waals surface area contributed by atoms with Crippen LogP contribution in [0.2, 0.25) is 0 Å². The molecule has 9 heteroatoms. The van der Waals surface area contributed by atoms with Crippen molar-refractivity contribution in [2.45, 2.75) is 25.7 Å². The molecule has 0 unspecified atom stereocenters. The average molecular weight is 364 g/mol. The molecule has 8 nitrogen and oxygen atoms in total. The number of nitrogen functional groups attached to an aromatic ring is 1. The van der Waals surface area contributed by atoms with Crippen molar-refractivity contribution in [3.8, 4) is 0 Å². The van der Waals surface area contributed by atoms with E-state index in [4.69, 9.17) is 5.73 Å². The Hall–Kier alpha value is -2.39. The van der Waals surface area contributed by atoms with E-state index in [9.17, 15) is 8.42 Å². The van der Waals surface area contributed by atoms with Gasteiger partial charge in [0.15, 0.2) is 11.6 Å². The first-order valence-corrected chi connectivity index (χ1v) is 9.59. The Balaban J connectivity index is 2.23. The third kappa shape index (κ3) is 4.18. The molecule has 2 rings (SSSR count). The van der Waals surface area contributed by atoms with Crippen molar-refractivity contribution in [1.29, 1.82) is 0 Å². The van der Waals surface area contributed by atoms with E-state index < -0.39 is 10.0 Å². The van der Waals surface area contributed by atoms with Gasteiger partial charge in [0.25, 0.3) is 0 Å². The van der Waals surface area contributed by atoms with E-state index in [0.717, 1.165) is 0 Å². The molecular weight excluding hydrogens is 340 g/mol. The number of nitrogens with two attached hydrogens (primary N) is 1. The van der Waals surface area contributed by atoms with Gasteiger partial charge in [-0.05, 0) is 31.2 Å². The Labute approximate surface area is 148 Å². The molecule has 136 valence electrons. The molecule has 0 atom stereocenters. The number of anilines is 4. The van der Waals surface area contributed by atoms with Crippen LogP contribution in [-0.2, 0) is 10.0 Å². The minimum absolute atomic E-state index is 0.255. The second kappa shape index (κ2) is 8.13. The topological polar surface area (TPSA) is 113 Å². The minimum atomic E-state index is -3.47. The summed E-state index contributed by atoms with van der Waals surface area (Å²) in [4.78, 5) is 8.47. The van der Waals surface area contributed by atoms with Gasteiger partial charge in [-0.3, -0.25) is 0 Å². The van der Waals surface area contributed by atoms with Crippen molar-refractivity contribution in [2.24, 2.45) is 0 Å². The van der Waals surface area contributed by atoms with Gasteiger partial charge in [0.05, 0.1) is 4.90 Å². The first-order chi connectivity index (χ1) is 11.9. The van der Waals surface area contributed by atoms with Crippen LogP contribution in [0, 0.1) is 0 Å². The van der Waals surface area contributed by atoms with E-state index in [0.29, 0.717) is 42.6 Å². The molecule has 0 saturated carbocycles. The molecule has 1 heterocycles. The smallest absolute Gasteiger partial charge is 0.243 e. The fourth-order valence-electron chi connectivity index (χ4n) is 2.36. The first kappa shape index (κ1) is 18.9. The lowest BCUT2D eigenvalue weighted by atomic mass is 10.3. The fourth-order valence-corrected chi connectivity index (χ4v) is 3.82. The van der Waals surface area contributed by atoms with Crippen LogP contribution in [0.3, 0.4) is 0 Å². The van der Waals surface area contributed by atoms with E-state index >= 15 is 0 Å². The van der Waals surface area contributed by atoms with Gasteiger partial charge in [-0.1, -0.05) is 13.8 Å². The van der Waals surface area contributed by atoms with Crippen molar-refractivity contribution in [3.63, 3.8) is 0 Å². The molecule has 0 saturated heterocycles. The summed E-state index contributed by atoms with van der Waals surface area (Å²) in [5.74, 6) is 1.02. The summed E-state index contributed by atoms with van der Waals surface area (Å²) >= 11 is 0. The van der Waals surface area contributed by atoms with E-state index in [-0.39, 0.29) is 4.90 Å². The van der Waals surface area contributed by atoms with E-state index in [1.807, 2.05) is 20.8 Å². The predicted octanol–water partition coefficient (Wildman–Crippen LogP) is 2.26. The van der Waals surface area contributed by atoms with Crippen molar-refractivity contribution in [1.82, 2.24) is 14.3 Å². The molecule has 2 aromatic rings. The maximum atomic E-state index is 12.5. The highest BCUT2D eigenvalue weighted by atomic mass is 32.2. The maximum absolute atomic E-state index is 12.5. The lowest BCUT2D eigenvalue weighted by Gasteiger charge is -2.18. The normalized spacial score (nSPS) is 11.5. The summed E-state index contributed by atoms with van der Waals surface area (Å²) in [6.45, 7) is 7.14. The highest BCUT2D eigenvalue weighted by Gasteiger charge is 2.21. The Morgan fingerprint density at radius 3 is 2.20 bits per heavy atom. The number of hydrogen-bond donors (Lipinski definition) is 3. The van der Waals surface area contributed by atoms with Gasteiger partial charge >= 0.3 is 0 Å². The summed E-state index contributed by atoms with van der Waals surface area (Å²) in [7, 11) is -3.47. The van der Waals surface area contributed by atoms with Gasteiger partial charge in [0.2, 0.25) is 10.0 Å². The second-order valence-electron chi connectivity index (χ2n) is 5.25. The zero-order chi connectivity index (χ0) is 18.4. The molecule has 0 radical (unpaired) electrons. The lowest BCUT2D eigenvalue weighted by Crippen LogP contribution is -2.30. The van der Waals surface area contributed by atoms with Crippen LogP contribution in [0.1, 0.15) is 20.8 Å². The van der Waals surface area contributed by atoms with Gasteiger partial charge in [-0.2, -0.15) is 4.31 Å². The number of nitrogens with zero attached hydrogens (tertiary/aromatic N) is 3. The van der Waals surface area contributed by atoms with Crippen LogP contribution in [0.25, 0.3) is 0 Å². The Kier molecular flexibility index (Phi) is 6.16. The minimum Gasteiger partial charge on any atom is -0.393 e. The first-order valence-electron chi connectivity index (χ1n) is 8.15. The largest absolute Gasteiger partial charge is 0.393 e. The molecule has 0 aliphatic rings. The molecule has 1 aromatic heterocycles. The number of hydrogen-bond acceptors (Lipinski definition) is 7. The number of benzene rings is 1. The molecule has 0 amide bonds. The van der Waals surface area contributed by atoms with Crippen LogP contribution in [0.4, 0.5) is 23.0 Å². The molecule has 25 heavy (non-hydrogen) atoms. The van der Waals surface area contributed by atoms with Gasteiger partial charge in [-0.25, -0.2) is 18.4 Å². The number of aromatic nitrogens is 2. The second-order valence-corrected chi connectivity index (χ2v) is 7.19. The summed E-state index contributed by atoms with van der Waals surface area (Å²) in [6, 6.07) is 6.51. The van der Waals surface area contributed by atoms with E-state index in [2.05, 4.69) is 20.6 Å². The third-order valence-electron chi connectivity index (χ3n) is 3.69. The zero-order valence-corrected chi connectivity index (χ0v) is 15.5. The summed E-state index contributed by atoms with van der Waals surface area (Å²) in [5, 5.41) is 6.14. The number of rotatable bonds is 8. The zero-order valence-electron chi connectivity index (χ0n) is 14.7. The van der Waals surface area contributed by atoms with Crippen LogP contribution in [-0.4, -0.2) is 42.3 Å². The van der Waals surface area contributed by atoms with Crippen molar-refractivity contribution in [2.75, 3.05) is 36.0 Å². The van der Waals surface area contributed by atoms with Gasteiger partial charge in [-0.15, -0.1) is 0 Å². The number of nitrogens with one attached hydrogen (secondary N) is 2. The van der Waals surface area contributed by atoms with Crippen molar-refractivity contribution in [3.05, 3.63) is 30.6 Å². The number of sulfonamides is 1. The molecular formula is C16H24N6O2S. The lowest BCUT2D eigenvalue weighted by molar-refractivity contribution is 0.445. The highest BCUT2D eigenvalue weighted by molar-refractivity contribution is 7.89. The SMILES string of the molecule is CCNc1ncnc(Nc2ccc(S(=O)(=O)N(CC)CC)cc2)c1N.